The van der Waals surface area contributed by atoms with Gasteiger partial charge in [-0.25, -0.2) is 4.39 Å². The maximum absolute atomic E-state index is 13.8. The van der Waals surface area contributed by atoms with Crippen LogP contribution in [0.2, 0.25) is 0 Å². The highest BCUT2D eigenvalue weighted by Crippen LogP contribution is 2.23. The van der Waals surface area contributed by atoms with Crippen LogP contribution in [0, 0.1) is 0 Å². The number of aromatic amines is 1. The van der Waals surface area contributed by atoms with Crippen molar-refractivity contribution in [2.24, 2.45) is 4.99 Å². The highest BCUT2D eigenvalue weighted by atomic mass is 19.1. The van der Waals surface area contributed by atoms with E-state index in [4.69, 9.17) is 4.74 Å². The van der Waals surface area contributed by atoms with Crippen LogP contribution in [0.15, 0.2) is 41.5 Å². The van der Waals surface area contributed by atoms with Crippen molar-refractivity contribution < 1.29 is 13.9 Å². The van der Waals surface area contributed by atoms with Crippen molar-refractivity contribution in [2.45, 2.75) is 32.5 Å². The van der Waals surface area contributed by atoms with Gasteiger partial charge >= 0.3 is 0 Å². The van der Waals surface area contributed by atoms with Gasteiger partial charge in [0.2, 0.25) is 0 Å². The van der Waals surface area contributed by atoms with E-state index in [9.17, 15) is 9.18 Å². The number of fused-ring (bicyclic) bond motifs is 1. The first-order valence-corrected chi connectivity index (χ1v) is 8.98. The molecule has 1 aliphatic heterocycles. The number of carbonyl (C=O) groups is 1. The molecular weight excluding hydrogens is 347 g/mol. The Hall–Kier alpha value is -2.80. The SMILES string of the molecule is CC(C)OCCCNC(=O)c1n[nH]c2ccc(C3=CC(F)C=CN=C3)cc12. The summed E-state index contributed by atoms with van der Waals surface area (Å²) in [5.41, 5.74) is 2.50. The number of aliphatic imine (C=N–C) groups is 1. The van der Waals surface area contributed by atoms with E-state index >= 15 is 0 Å². The van der Waals surface area contributed by atoms with Gasteiger partial charge in [0, 0.05) is 31.0 Å². The largest absolute Gasteiger partial charge is 0.379 e. The molecule has 1 atom stereocenters. The predicted molar refractivity (Wildman–Crippen MR) is 105 cm³/mol. The number of allylic oxidation sites excluding steroid dienone is 3. The van der Waals surface area contributed by atoms with Crippen molar-refractivity contribution in [1.29, 1.82) is 0 Å². The molecule has 0 fully saturated rings. The maximum Gasteiger partial charge on any atom is 0.272 e. The molecule has 3 rings (SSSR count). The van der Waals surface area contributed by atoms with Crippen molar-refractivity contribution >= 4 is 28.6 Å². The lowest BCUT2D eigenvalue weighted by atomic mass is 10.0. The molecule has 6 nitrogen and oxygen atoms in total. The van der Waals surface area contributed by atoms with Crippen molar-refractivity contribution in [1.82, 2.24) is 15.5 Å². The van der Waals surface area contributed by atoms with Crippen LogP contribution in [0.1, 0.15) is 36.3 Å². The lowest BCUT2D eigenvalue weighted by molar-refractivity contribution is 0.0756. The van der Waals surface area contributed by atoms with Gasteiger partial charge in [0.05, 0.1) is 11.6 Å². The zero-order valence-corrected chi connectivity index (χ0v) is 15.4. The molecule has 2 heterocycles. The van der Waals surface area contributed by atoms with Crippen LogP contribution in [-0.4, -0.2) is 47.7 Å². The van der Waals surface area contributed by atoms with Crippen LogP contribution >= 0.6 is 0 Å². The number of rotatable bonds is 7. The normalized spacial score (nSPS) is 16.6. The first kappa shape index (κ1) is 19.0. The van der Waals surface area contributed by atoms with E-state index in [0.717, 1.165) is 17.5 Å². The maximum atomic E-state index is 13.8. The number of aromatic nitrogens is 2. The van der Waals surface area contributed by atoms with E-state index in [1.54, 1.807) is 6.21 Å². The fourth-order valence-corrected chi connectivity index (χ4v) is 2.74. The van der Waals surface area contributed by atoms with Crippen molar-refractivity contribution in [3.63, 3.8) is 0 Å². The van der Waals surface area contributed by atoms with E-state index in [1.165, 1.54) is 18.4 Å². The van der Waals surface area contributed by atoms with Gasteiger partial charge in [0.15, 0.2) is 5.69 Å². The molecule has 142 valence electrons. The number of hydrogen-bond donors (Lipinski definition) is 2. The highest BCUT2D eigenvalue weighted by Gasteiger charge is 2.15. The first-order valence-electron chi connectivity index (χ1n) is 8.98. The van der Waals surface area contributed by atoms with Gasteiger partial charge in [-0.1, -0.05) is 6.07 Å². The van der Waals surface area contributed by atoms with Gasteiger partial charge in [-0.2, -0.15) is 5.10 Å². The number of ether oxygens (including phenoxy) is 1. The molecule has 2 N–H and O–H groups in total. The van der Waals surface area contributed by atoms with Gasteiger partial charge in [-0.05, 0) is 55.7 Å². The molecule has 7 heteroatoms. The van der Waals surface area contributed by atoms with Gasteiger partial charge < -0.3 is 10.1 Å². The summed E-state index contributed by atoms with van der Waals surface area (Å²) < 4.78 is 19.2. The van der Waals surface area contributed by atoms with Crippen LogP contribution < -0.4 is 5.32 Å². The molecule has 27 heavy (non-hydrogen) atoms. The van der Waals surface area contributed by atoms with Crippen LogP contribution in [0.5, 0.6) is 0 Å². The minimum atomic E-state index is -1.20. The third kappa shape index (κ3) is 4.89. The van der Waals surface area contributed by atoms with Crippen molar-refractivity contribution in [2.75, 3.05) is 13.2 Å². The molecule has 0 aliphatic carbocycles. The third-order valence-electron chi connectivity index (χ3n) is 4.08. The smallest absolute Gasteiger partial charge is 0.272 e. The Labute approximate surface area is 157 Å². The van der Waals surface area contributed by atoms with Crippen LogP contribution in [0.4, 0.5) is 4.39 Å². The second-order valence-electron chi connectivity index (χ2n) is 6.55. The fourth-order valence-electron chi connectivity index (χ4n) is 2.74. The molecule has 1 aliphatic rings. The average molecular weight is 370 g/mol. The predicted octanol–water partition coefficient (Wildman–Crippen LogP) is 3.43. The van der Waals surface area contributed by atoms with Gasteiger partial charge in [-0.3, -0.25) is 14.9 Å². The number of hydrogen-bond acceptors (Lipinski definition) is 4. The number of H-pyrrole nitrogens is 1. The second-order valence-corrected chi connectivity index (χ2v) is 6.55. The Kier molecular flexibility index (Phi) is 6.13. The van der Waals surface area contributed by atoms with Gasteiger partial charge in [-0.15, -0.1) is 0 Å². The van der Waals surface area contributed by atoms with E-state index in [0.29, 0.717) is 29.8 Å². The van der Waals surface area contributed by atoms with Crippen LogP contribution in [0.25, 0.3) is 16.5 Å². The molecule has 0 saturated carbocycles. The zero-order valence-electron chi connectivity index (χ0n) is 15.4. The molecule has 0 bridgehead atoms. The molecule has 2 aromatic rings. The number of benzene rings is 1. The lowest BCUT2D eigenvalue weighted by Crippen LogP contribution is -2.26. The number of amides is 1. The topological polar surface area (TPSA) is 79.4 Å². The zero-order chi connectivity index (χ0) is 19.2. The summed E-state index contributed by atoms with van der Waals surface area (Å²) in [7, 11) is 0. The summed E-state index contributed by atoms with van der Waals surface area (Å²) in [4.78, 5) is 16.5. The summed E-state index contributed by atoms with van der Waals surface area (Å²) in [5, 5.41) is 10.5. The summed E-state index contributed by atoms with van der Waals surface area (Å²) >= 11 is 0. The van der Waals surface area contributed by atoms with E-state index in [2.05, 4.69) is 20.5 Å². The minimum absolute atomic E-state index is 0.176. The average Bonchev–Trinajstić information content (AvgIpc) is 2.94. The lowest BCUT2D eigenvalue weighted by Gasteiger charge is -2.08. The number of nitrogens with zero attached hydrogens (tertiary/aromatic N) is 2. The Bertz CT molecular complexity index is 899. The molecular formula is C20H23FN4O2. The third-order valence-corrected chi connectivity index (χ3v) is 4.08. The summed E-state index contributed by atoms with van der Waals surface area (Å²) in [6, 6.07) is 5.50. The summed E-state index contributed by atoms with van der Waals surface area (Å²) in [5.74, 6) is -0.253. The van der Waals surface area contributed by atoms with E-state index in [-0.39, 0.29) is 12.0 Å². The second kappa shape index (κ2) is 8.73. The van der Waals surface area contributed by atoms with Crippen LogP contribution in [-0.2, 0) is 4.74 Å². The summed E-state index contributed by atoms with van der Waals surface area (Å²) in [6.45, 7) is 5.05. The quantitative estimate of drug-likeness (QED) is 0.733. The number of alkyl halides is 1. The molecule has 1 amide bonds. The molecule has 1 unspecified atom stereocenters. The van der Waals surface area contributed by atoms with Crippen molar-refractivity contribution in [3.8, 4) is 0 Å². The standard InChI is InChI=1S/C20H23FN4O2/c1-13(2)27-9-3-7-23-20(26)19-17-11-14(4-5-18(17)24-25-19)15-10-16(21)6-8-22-12-15/h4-6,8,10-13,16H,3,7,9H2,1-2H3,(H,23,26)(H,24,25). The minimum Gasteiger partial charge on any atom is -0.379 e. The summed E-state index contributed by atoms with van der Waals surface area (Å²) in [6.07, 6.45) is 5.61. The van der Waals surface area contributed by atoms with Crippen LogP contribution in [0.3, 0.4) is 0 Å². The highest BCUT2D eigenvalue weighted by molar-refractivity contribution is 6.12. The Balaban J connectivity index is 1.74. The van der Waals surface area contributed by atoms with Gasteiger partial charge in [0.25, 0.3) is 5.91 Å². The molecule has 0 spiro atoms. The molecule has 1 aromatic carbocycles. The van der Waals surface area contributed by atoms with E-state index in [1.807, 2.05) is 32.0 Å². The van der Waals surface area contributed by atoms with Gasteiger partial charge in [0.1, 0.15) is 6.17 Å². The van der Waals surface area contributed by atoms with E-state index < -0.39 is 6.17 Å². The Morgan fingerprint density at radius 2 is 2.26 bits per heavy atom. The molecule has 0 saturated heterocycles. The number of halogens is 1. The first-order chi connectivity index (χ1) is 13.0. The molecule has 1 aromatic heterocycles. The number of nitrogens with one attached hydrogen (secondary N) is 2. The Morgan fingerprint density at radius 1 is 1.41 bits per heavy atom. The monoisotopic (exact) mass is 370 g/mol. The number of carbonyl (C=O) groups excluding carboxylic acids is 1. The molecule has 0 radical (unpaired) electrons. The van der Waals surface area contributed by atoms with Crippen molar-refractivity contribution in [3.05, 3.63) is 47.8 Å². The Morgan fingerprint density at radius 3 is 3.07 bits per heavy atom. The fraction of sp³-hybridized carbons (Fsp3) is 0.350.